The van der Waals surface area contributed by atoms with Gasteiger partial charge in [-0.1, -0.05) is 31.5 Å². The third-order valence-corrected chi connectivity index (χ3v) is 4.03. The topological polar surface area (TPSA) is 26.3 Å². The third kappa shape index (κ3) is 6.15. The van der Waals surface area contributed by atoms with Crippen LogP contribution in [0, 0.1) is 12.8 Å². The standard InChI is InChI=1S/C16H24O2S/c1-11(2)10-19-15-7-6-13(5)8-14(15)9-16(17)18-12(3)4/h6-8,11-12H,9-10H2,1-5H3. The van der Waals surface area contributed by atoms with Gasteiger partial charge in [-0.3, -0.25) is 4.79 Å². The Labute approximate surface area is 120 Å². The molecule has 0 spiro atoms. The van der Waals surface area contributed by atoms with Crippen LogP contribution in [0.2, 0.25) is 0 Å². The lowest BCUT2D eigenvalue weighted by Crippen LogP contribution is -2.14. The maximum Gasteiger partial charge on any atom is 0.310 e. The average Bonchev–Trinajstić information content (AvgIpc) is 2.26. The van der Waals surface area contributed by atoms with Crippen molar-refractivity contribution in [1.82, 2.24) is 0 Å². The zero-order valence-electron chi connectivity index (χ0n) is 12.5. The molecular weight excluding hydrogens is 256 g/mol. The van der Waals surface area contributed by atoms with Crippen LogP contribution in [-0.4, -0.2) is 17.8 Å². The average molecular weight is 280 g/mol. The zero-order valence-corrected chi connectivity index (χ0v) is 13.3. The van der Waals surface area contributed by atoms with Crippen molar-refractivity contribution < 1.29 is 9.53 Å². The molecule has 0 aliphatic rings. The molecule has 0 aliphatic carbocycles. The number of thioether (sulfide) groups is 1. The Bertz CT molecular complexity index is 425. The molecule has 0 amide bonds. The van der Waals surface area contributed by atoms with Crippen molar-refractivity contribution >= 4 is 17.7 Å². The first-order valence-corrected chi connectivity index (χ1v) is 7.79. The first-order valence-electron chi connectivity index (χ1n) is 6.80. The molecular formula is C16H24O2S. The molecule has 1 aromatic carbocycles. The number of aryl methyl sites for hydroxylation is 1. The summed E-state index contributed by atoms with van der Waals surface area (Å²) in [6, 6.07) is 6.30. The monoisotopic (exact) mass is 280 g/mol. The number of rotatable bonds is 6. The maximum atomic E-state index is 11.8. The maximum absolute atomic E-state index is 11.8. The highest BCUT2D eigenvalue weighted by Crippen LogP contribution is 2.26. The van der Waals surface area contributed by atoms with Crippen molar-refractivity contribution in [2.75, 3.05) is 5.75 Å². The molecule has 0 aliphatic heterocycles. The van der Waals surface area contributed by atoms with E-state index in [1.807, 2.05) is 32.5 Å². The van der Waals surface area contributed by atoms with Crippen molar-refractivity contribution in [3.8, 4) is 0 Å². The van der Waals surface area contributed by atoms with Gasteiger partial charge in [-0.2, -0.15) is 0 Å². The number of hydrogen-bond donors (Lipinski definition) is 0. The van der Waals surface area contributed by atoms with E-state index in [1.54, 1.807) is 0 Å². The summed E-state index contributed by atoms with van der Waals surface area (Å²) in [5, 5.41) is 0. The van der Waals surface area contributed by atoms with Crippen LogP contribution >= 0.6 is 11.8 Å². The Morgan fingerprint density at radius 1 is 1.26 bits per heavy atom. The summed E-state index contributed by atoms with van der Waals surface area (Å²) in [6.45, 7) is 10.2. The van der Waals surface area contributed by atoms with E-state index in [9.17, 15) is 4.79 Å². The predicted octanol–water partition coefficient (Wildman–Crippen LogP) is 4.24. The summed E-state index contributed by atoms with van der Waals surface area (Å²) < 4.78 is 5.23. The number of benzene rings is 1. The number of ether oxygens (including phenoxy) is 1. The summed E-state index contributed by atoms with van der Waals surface area (Å²) in [5.41, 5.74) is 2.26. The normalized spacial score (nSPS) is 11.1. The Morgan fingerprint density at radius 2 is 1.95 bits per heavy atom. The van der Waals surface area contributed by atoms with E-state index in [0.29, 0.717) is 12.3 Å². The Morgan fingerprint density at radius 3 is 2.53 bits per heavy atom. The van der Waals surface area contributed by atoms with Crippen molar-refractivity contribution in [2.24, 2.45) is 5.92 Å². The molecule has 1 rings (SSSR count). The van der Waals surface area contributed by atoms with E-state index in [4.69, 9.17) is 4.74 Å². The molecule has 3 heteroatoms. The predicted molar refractivity (Wildman–Crippen MR) is 81.7 cm³/mol. The zero-order chi connectivity index (χ0) is 14.4. The molecule has 0 saturated carbocycles. The van der Waals surface area contributed by atoms with Gasteiger partial charge in [0.2, 0.25) is 0 Å². The Hall–Kier alpha value is -0.960. The molecule has 19 heavy (non-hydrogen) atoms. The van der Waals surface area contributed by atoms with Gasteiger partial charge in [0.05, 0.1) is 12.5 Å². The molecule has 0 bridgehead atoms. The molecule has 0 radical (unpaired) electrons. The largest absolute Gasteiger partial charge is 0.463 e. The number of carbonyl (C=O) groups is 1. The number of carbonyl (C=O) groups excluding carboxylic acids is 1. The van der Waals surface area contributed by atoms with Gasteiger partial charge in [-0.25, -0.2) is 0 Å². The molecule has 0 saturated heterocycles. The van der Waals surface area contributed by atoms with Crippen LogP contribution < -0.4 is 0 Å². The quantitative estimate of drug-likeness (QED) is 0.576. The minimum atomic E-state index is -0.146. The van der Waals surface area contributed by atoms with Crippen LogP contribution in [0.3, 0.4) is 0 Å². The second-order valence-electron chi connectivity index (χ2n) is 5.53. The van der Waals surface area contributed by atoms with Gasteiger partial charge in [0.1, 0.15) is 0 Å². The first-order chi connectivity index (χ1) is 8.88. The Kier molecular flexibility index (Phi) is 6.43. The molecule has 0 fully saturated rings. The van der Waals surface area contributed by atoms with Crippen LogP contribution in [0.15, 0.2) is 23.1 Å². The van der Waals surface area contributed by atoms with E-state index < -0.39 is 0 Å². The highest BCUT2D eigenvalue weighted by molar-refractivity contribution is 7.99. The van der Waals surface area contributed by atoms with Gasteiger partial charge in [0.15, 0.2) is 0 Å². The summed E-state index contributed by atoms with van der Waals surface area (Å²) >= 11 is 1.82. The van der Waals surface area contributed by atoms with Crippen molar-refractivity contribution in [3.05, 3.63) is 29.3 Å². The molecule has 2 nitrogen and oxygen atoms in total. The lowest BCUT2D eigenvalue weighted by Gasteiger charge is -2.12. The van der Waals surface area contributed by atoms with Gasteiger partial charge in [-0.15, -0.1) is 11.8 Å². The van der Waals surface area contributed by atoms with Gasteiger partial charge >= 0.3 is 5.97 Å². The summed E-state index contributed by atoms with van der Waals surface area (Å²) in [7, 11) is 0. The van der Waals surface area contributed by atoms with Crippen molar-refractivity contribution in [3.63, 3.8) is 0 Å². The smallest absolute Gasteiger partial charge is 0.310 e. The fraction of sp³-hybridized carbons (Fsp3) is 0.562. The minimum absolute atomic E-state index is 0.0518. The molecule has 0 unspecified atom stereocenters. The number of esters is 1. The fourth-order valence-electron chi connectivity index (χ4n) is 1.70. The van der Waals surface area contributed by atoms with Crippen LogP contribution in [0.1, 0.15) is 38.8 Å². The Balaban J connectivity index is 2.78. The van der Waals surface area contributed by atoms with Crippen molar-refractivity contribution in [2.45, 2.75) is 52.0 Å². The number of hydrogen-bond acceptors (Lipinski definition) is 3. The molecule has 0 N–H and O–H groups in total. The summed E-state index contributed by atoms with van der Waals surface area (Å²) in [6.07, 6.45) is 0.310. The molecule has 0 aromatic heterocycles. The lowest BCUT2D eigenvalue weighted by molar-refractivity contribution is -0.146. The molecule has 0 heterocycles. The van der Waals surface area contributed by atoms with E-state index in [2.05, 4.69) is 32.0 Å². The van der Waals surface area contributed by atoms with Crippen LogP contribution in [-0.2, 0) is 16.0 Å². The summed E-state index contributed by atoms with van der Waals surface area (Å²) in [4.78, 5) is 13.0. The van der Waals surface area contributed by atoms with E-state index >= 15 is 0 Å². The van der Waals surface area contributed by atoms with Gasteiger partial charge in [0.25, 0.3) is 0 Å². The van der Waals surface area contributed by atoms with E-state index in [-0.39, 0.29) is 12.1 Å². The summed E-state index contributed by atoms with van der Waals surface area (Å²) in [5.74, 6) is 1.56. The lowest BCUT2D eigenvalue weighted by atomic mass is 10.1. The van der Waals surface area contributed by atoms with Crippen LogP contribution in [0.25, 0.3) is 0 Å². The molecule has 1 aromatic rings. The molecule has 106 valence electrons. The van der Waals surface area contributed by atoms with E-state index in [1.165, 1.54) is 10.5 Å². The van der Waals surface area contributed by atoms with Crippen LogP contribution in [0.4, 0.5) is 0 Å². The molecule has 0 atom stereocenters. The first kappa shape index (κ1) is 16.1. The highest BCUT2D eigenvalue weighted by Gasteiger charge is 2.11. The fourth-order valence-corrected chi connectivity index (χ4v) is 2.70. The van der Waals surface area contributed by atoms with Gasteiger partial charge in [0, 0.05) is 10.6 Å². The van der Waals surface area contributed by atoms with Crippen molar-refractivity contribution in [1.29, 1.82) is 0 Å². The van der Waals surface area contributed by atoms with E-state index in [0.717, 1.165) is 11.3 Å². The SMILES string of the molecule is Cc1ccc(SCC(C)C)c(CC(=O)OC(C)C)c1. The van der Waals surface area contributed by atoms with Gasteiger partial charge < -0.3 is 4.74 Å². The second-order valence-corrected chi connectivity index (χ2v) is 6.59. The highest BCUT2D eigenvalue weighted by atomic mass is 32.2. The van der Waals surface area contributed by atoms with Gasteiger partial charge in [-0.05, 0) is 38.3 Å². The second kappa shape index (κ2) is 7.59. The third-order valence-electron chi connectivity index (χ3n) is 2.49. The van der Waals surface area contributed by atoms with Crippen LogP contribution in [0.5, 0.6) is 0 Å². The minimum Gasteiger partial charge on any atom is -0.463 e.